The zero-order valence-electron chi connectivity index (χ0n) is 16.1. The first-order valence-corrected chi connectivity index (χ1v) is 10.2. The van der Waals surface area contributed by atoms with Gasteiger partial charge in [0.25, 0.3) is 0 Å². The molecule has 2 aliphatic rings. The van der Waals surface area contributed by atoms with Gasteiger partial charge >= 0.3 is 6.09 Å². The highest BCUT2D eigenvalue weighted by Gasteiger charge is 2.46. The van der Waals surface area contributed by atoms with Gasteiger partial charge in [0.15, 0.2) is 0 Å². The molecular formula is C18H34N2O3S. The van der Waals surface area contributed by atoms with Crippen molar-refractivity contribution in [3.8, 4) is 0 Å². The third-order valence-electron chi connectivity index (χ3n) is 5.12. The van der Waals surface area contributed by atoms with Crippen molar-refractivity contribution in [2.24, 2.45) is 5.41 Å². The molecule has 1 N–H and O–H groups in total. The SMILES string of the molecule is CC(C)(C)OC(=O)N1CCC2(CCCC2NS(=O)C(C)(C)C)CC1. The minimum Gasteiger partial charge on any atom is -0.444 e. The van der Waals surface area contributed by atoms with Crippen LogP contribution in [0.2, 0.25) is 0 Å². The van der Waals surface area contributed by atoms with Crippen molar-refractivity contribution in [1.29, 1.82) is 0 Å². The lowest BCUT2D eigenvalue weighted by Gasteiger charge is -2.43. The van der Waals surface area contributed by atoms with Crippen LogP contribution in [-0.2, 0) is 15.7 Å². The van der Waals surface area contributed by atoms with E-state index in [9.17, 15) is 9.00 Å². The normalized spacial score (nSPS) is 25.8. The zero-order chi connectivity index (χ0) is 18.2. The number of ether oxygens (including phenoxy) is 1. The second-order valence-corrected chi connectivity index (χ2v) is 11.3. The molecule has 0 aromatic carbocycles. The number of rotatable bonds is 2. The predicted molar refractivity (Wildman–Crippen MR) is 98.1 cm³/mol. The molecule has 5 nitrogen and oxygen atoms in total. The number of hydrogen-bond acceptors (Lipinski definition) is 3. The molecule has 2 atom stereocenters. The lowest BCUT2D eigenvalue weighted by molar-refractivity contribution is 0.00825. The fraction of sp³-hybridized carbons (Fsp3) is 0.944. The van der Waals surface area contributed by atoms with Crippen LogP contribution < -0.4 is 4.72 Å². The average Bonchev–Trinajstić information content (AvgIpc) is 2.79. The lowest BCUT2D eigenvalue weighted by Crippen LogP contribution is -2.52. The van der Waals surface area contributed by atoms with E-state index >= 15 is 0 Å². The fourth-order valence-corrected chi connectivity index (χ4v) is 4.67. The van der Waals surface area contributed by atoms with E-state index in [1.54, 1.807) is 0 Å². The van der Waals surface area contributed by atoms with Crippen LogP contribution >= 0.6 is 0 Å². The van der Waals surface area contributed by atoms with Gasteiger partial charge in [-0.2, -0.15) is 0 Å². The van der Waals surface area contributed by atoms with Gasteiger partial charge in [-0.25, -0.2) is 13.7 Å². The summed E-state index contributed by atoms with van der Waals surface area (Å²) in [6.45, 7) is 13.2. The molecule has 1 aliphatic heterocycles. The average molecular weight is 359 g/mol. The third kappa shape index (κ3) is 4.72. The van der Waals surface area contributed by atoms with Crippen molar-refractivity contribution >= 4 is 17.1 Å². The Morgan fingerprint density at radius 3 is 2.21 bits per heavy atom. The summed E-state index contributed by atoms with van der Waals surface area (Å²) in [6, 6.07) is 0.290. The molecule has 1 heterocycles. The second kappa shape index (κ2) is 6.94. The van der Waals surface area contributed by atoms with Crippen molar-refractivity contribution in [3.63, 3.8) is 0 Å². The van der Waals surface area contributed by atoms with Gasteiger partial charge in [-0.1, -0.05) is 6.42 Å². The monoisotopic (exact) mass is 358 g/mol. The summed E-state index contributed by atoms with van der Waals surface area (Å²) in [5.41, 5.74) is -0.271. The summed E-state index contributed by atoms with van der Waals surface area (Å²) in [6.07, 6.45) is 5.13. The molecule has 2 fully saturated rings. The summed E-state index contributed by atoms with van der Waals surface area (Å²) in [5.74, 6) is 0. The van der Waals surface area contributed by atoms with Gasteiger partial charge in [0.1, 0.15) is 5.60 Å². The highest BCUT2D eigenvalue weighted by atomic mass is 32.2. The molecule has 140 valence electrons. The third-order valence-corrected chi connectivity index (χ3v) is 6.73. The van der Waals surface area contributed by atoms with Crippen molar-refractivity contribution in [3.05, 3.63) is 0 Å². The van der Waals surface area contributed by atoms with Gasteiger partial charge in [-0.3, -0.25) is 0 Å². The van der Waals surface area contributed by atoms with E-state index in [0.29, 0.717) is 6.04 Å². The number of carbonyl (C=O) groups is 1. The zero-order valence-corrected chi connectivity index (χ0v) is 16.9. The van der Waals surface area contributed by atoms with E-state index in [1.165, 1.54) is 6.42 Å². The van der Waals surface area contributed by atoms with Crippen LogP contribution in [0.4, 0.5) is 4.79 Å². The molecule has 1 saturated heterocycles. The Labute approximate surface area is 149 Å². The fourth-order valence-electron chi connectivity index (χ4n) is 3.69. The summed E-state index contributed by atoms with van der Waals surface area (Å²) >= 11 is 0. The number of hydrogen-bond donors (Lipinski definition) is 1. The van der Waals surface area contributed by atoms with Crippen LogP contribution in [0.5, 0.6) is 0 Å². The summed E-state index contributed by atoms with van der Waals surface area (Å²) in [5, 5.41) is 0. The molecular weight excluding hydrogens is 324 g/mol. The van der Waals surface area contributed by atoms with Gasteiger partial charge in [0, 0.05) is 19.1 Å². The van der Waals surface area contributed by atoms with Crippen LogP contribution in [0.25, 0.3) is 0 Å². The molecule has 1 saturated carbocycles. The van der Waals surface area contributed by atoms with Crippen LogP contribution in [0.3, 0.4) is 0 Å². The molecule has 0 aromatic rings. The van der Waals surface area contributed by atoms with Crippen molar-refractivity contribution < 1.29 is 13.7 Å². The van der Waals surface area contributed by atoms with Crippen molar-refractivity contribution in [1.82, 2.24) is 9.62 Å². The Balaban J connectivity index is 1.96. The van der Waals surface area contributed by atoms with Gasteiger partial charge < -0.3 is 9.64 Å². The number of piperidine rings is 1. The first-order valence-electron chi connectivity index (χ1n) is 9.09. The molecule has 2 unspecified atom stereocenters. The number of amides is 1. The van der Waals surface area contributed by atoms with Crippen LogP contribution in [0.1, 0.15) is 73.6 Å². The van der Waals surface area contributed by atoms with E-state index in [4.69, 9.17) is 4.74 Å². The van der Waals surface area contributed by atoms with Crippen LogP contribution in [0, 0.1) is 5.41 Å². The van der Waals surface area contributed by atoms with Gasteiger partial charge in [0.2, 0.25) is 0 Å². The molecule has 24 heavy (non-hydrogen) atoms. The van der Waals surface area contributed by atoms with Gasteiger partial charge in [0.05, 0.1) is 15.7 Å². The van der Waals surface area contributed by atoms with Crippen molar-refractivity contribution in [2.75, 3.05) is 13.1 Å². The first kappa shape index (κ1) is 19.7. The molecule has 1 aliphatic carbocycles. The van der Waals surface area contributed by atoms with E-state index in [2.05, 4.69) is 4.72 Å². The van der Waals surface area contributed by atoms with E-state index in [0.717, 1.165) is 38.8 Å². The second-order valence-electron chi connectivity index (χ2n) is 9.27. The Morgan fingerprint density at radius 2 is 1.71 bits per heavy atom. The van der Waals surface area contributed by atoms with Crippen molar-refractivity contribution in [2.45, 2.75) is 90.0 Å². The number of nitrogens with zero attached hydrogens (tertiary/aromatic N) is 1. The molecule has 2 rings (SSSR count). The lowest BCUT2D eigenvalue weighted by atomic mass is 9.74. The molecule has 0 bridgehead atoms. The molecule has 0 radical (unpaired) electrons. The minimum atomic E-state index is -1.04. The maximum atomic E-state index is 12.5. The smallest absolute Gasteiger partial charge is 0.410 e. The minimum absolute atomic E-state index is 0.180. The summed E-state index contributed by atoms with van der Waals surface area (Å²) in [4.78, 5) is 14.1. The number of likely N-dealkylation sites (tertiary alicyclic amines) is 1. The predicted octanol–water partition coefficient (Wildman–Crippen LogP) is 3.61. The van der Waals surface area contributed by atoms with Gasteiger partial charge in [-0.05, 0) is 72.6 Å². The molecule has 1 amide bonds. The maximum absolute atomic E-state index is 12.5. The Kier molecular flexibility index (Phi) is 5.70. The Bertz CT molecular complexity index is 485. The Morgan fingerprint density at radius 1 is 1.12 bits per heavy atom. The number of carbonyl (C=O) groups excluding carboxylic acids is 1. The largest absolute Gasteiger partial charge is 0.444 e. The maximum Gasteiger partial charge on any atom is 0.410 e. The van der Waals surface area contributed by atoms with Crippen LogP contribution in [-0.4, -0.2) is 44.7 Å². The number of nitrogens with one attached hydrogen (secondary N) is 1. The highest BCUT2D eigenvalue weighted by molar-refractivity contribution is 7.84. The van der Waals surface area contributed by atoms with Crippen LogP contribution in [0.15, 0.2) is 0 Å². The standard InChI is InChI=1S/C18H34N2O3S/c1-16(2,3)23-15(21)20-12-10-18(11-13-20)9-7-8-14(18)19-24(22)17(4,5)6/h14,19H,7-13H2,1-6H3. The summed E-state index contributed by atoms with van der Waals surface area (Å²) in [7, 11) is -1.04. The molecule has 6 heteroatoms. The van der Waals surface area contributed by atoms with E-state index in [-0.39, 0.29) is 16.3 Å². The van der Waals surface area contributed by atoms with Gasteiger partial charge in [-0.15, -0.1) is 0 Å². The molecule has 1 spiro atoms. The topological polar surface area (TPSA) is 58.6 Å². The summed E-state index contributed by atoms with van der Waals surface area (Å²) < 4.78 is 21.1. The Hall–Kier alpha value is -0.620. The molecule has 0 aromatic heterocycles. The van der Waals surface area contributed by atoms with E-state index in [1.807, 2.05) is 46.4 Å². The highest BCUT2D eigenvalue weighted by Crippen LogP contribution is 2.47. The van der Waals surface area contributed by atoms with E-state index < -0.39 is 16.6 Å². The quantitative estimate of drug-likeness (QED) is 0.820. The first-order chi connectivity index (χ1) is 10.9.